The third-order valence-corrected chi connectivity index (χ3v) is 4.95. The summed E-state index contributed by atoms with van der Waals surface area (Å²) in [6.45, 7) is 6.47. The van der Waals surface area contributed by atoms with Crippen molar-refractivity contribution in [2.24, 2.45) is 5.10 Å². The monoisotopic (exact) mass is 428 g/mol. The van der Waals surface area contributed by atoms with Crippen LogP contribution >= 0.6 is 23.2 Å². The molecule has 0 saturated heterocycles. The summed E-state index contributed by atoms with van der Waals surface area (Å²) in [5, 5.41) is 5.07. The molecule has 0 aliphatic heterocycles. The maximum absolute atomic E-state index is 12.1. The van der Waals surface area contributed by atoms with Crippen LogP contribution in [-0.2, 0) is 16.6 Å². The van der Waals surface area contributed by atoms with Crippen molar-refractivity contribution in [3.63, 3.8) is 0 Å². The van der Waals surface area contributed by atoms with Gasteiger partial charge in [-0.2, -0.15) is 5.10 Å². The van der Waals surface area contributed by atoms with Crippen LogP contribution in [0.5, 0.6) is 0 Å². The lowest BCUT2D eigenvalue weighted by molar-refractivity contribution is -0.120. The molecule has 1 aromatic heterocycles. The summed E-state index contributed by atoms with van der Waals surface area (Å²) >= 11 is 12.2. The highest BCUT2D eigenvalue weighted by atomic mass is 35.5. The van der Waals surface area contributed by atoms with Gasteiger partial charge in [0.25, 0.3) is 0 Å². The van der Waals surface area contributed by atoms with E-state index < -0.39 is 0 Å². The first-order valence-corrected chi connectivity index (χ1v) is 9.94. The third-order valence-electron chi connectivity index (χ3n) is 4.39. The predicted octanol–water partition coefficient (Wildman–Crippen LogP) is 6.24. The first kappa shape index (κ1) is 21.2. The Hall–Kier alpha value is -2.56. The Bertz CT molecular complexity index is 1030. The molecule has 0 saturated carbocycles. The van der Waals surface area contributed by atoms with Gasteiger partial charge in [0.05, 0.1) is 17.7 Å². The van der Waals surface area contributed by atoms with E-state index in [0.717, 1.165) is 5.56 Å². The Morgan fingerprint density at radius 2 is 1.79 bits per heavy atom. The predicted molar refractivity (Wildman–Crippen MR) is 119 cm³/mol. The van der Waals surface area contributed by atoms with Crippen molar-refractivity contribution >= 4 is 35.3 Å². The second-order valence-corrected chi connectivity index (χ2v) is 8.59. The van der Waals surface area contributed by atoms with E-state index in [0.29, 0.717) is 27.1 Å². The van der Waals surface area contributed by atoms with E-state index >= 15 is 0 Å². The van der Waals surface area contributed by atoms with Crippen LogP contribution in [0.4, 0.5) is 0 Å². The van der Waals surface area contributed by atoms with E-state index in [-0.39, 0.29) is 17.7 Å². The highest BCUT2D eigenvalue weighted by Gasteiger charge is 2.13. The van der Waals surface area contributed by atoms with Gasteiger partial charge in [0.1, 0.15) is 11.5 Å². The van der Waals surface area contributed by atoms with E-state index in [1.165, 1.54) is 11.8 Å². The molecule has 0 unspecified atom stereocenters. The van der Waals surface area contributed by atoms with Gasteiger partial charge in [0, 0.05) is 10.6 Å². The molecule has 0 aliphatic carbocycles. The van der Waals surface area contributed by atoms with Crippen LogP contribution in [0, 0.1) is 0 Å². The number of hydrogen-bond acceptors (Lipinski definition) is 3. The summed E-state index contributed by atoms with van der Waals surface area (Å²) in [5.41, 5.74) is 5.46. The second-order valence-electron chi connectivity index (χ2n) is 7.74. The molecule has 2 aromatic carbocycles. The molecule has 0 radical (unpaired) electrons. The van der Waals surface area contributed by atoms with Crippen molar-refractivity contribution in [3.8, 4) is 11.3 Å². The van der Waals surface area contributed by atoms with Crippen molar-refractivity contribution in [3.05, 3.63) is 81.5 Å². The summed E-state index contributed by atoms with van der Waals surface area (Å²) in [6.07, 6.45) is 1.70. The minimum absolute atomic E-state index is 0.0856. The van der Waals surface area contributed by atoms with Gasteiger partial charge in [-0.05, 0) is 46.9 Å². The summed E-state index contributed by atoms with van der Waals surface area (Å²) < 4.78 is 5.71. The third kappa shape index (κ3) is 5.72. The van der Waals surface area contributed by atoms with Crippen LogP contribution < -0.4 is 5.43 Å². The smallest absolute Gasteiger partial charge is 0.244 e. The average Bonchev–Trinajstić information content (AvgIpc) is 3.12. The fourth-order valence-electron chi connectivity index (χ4n) is 2.77. The molecule has 1 amide bonds. The summed E-state index contributed by atoms with van der Waals surface area (Å²) in [7, 11) is 0. The number of hydrazone groups is 1. The van der Waals surface area contributed by atoms with E-state index in [1.54, 1.807) is 30.3 Å². The highest BCUT2D eigenvalue weighted by molar-refractivity contribution is 6.35. The Kier molecular flexibility index (Phi) is 6.46. The van der Waals surface area contributed by atoms with Crippen molar-refractivity contribution < 1.29 is 9.21 Å². The van der Waals surface area contributed by atoms with Crippen molar-refractivity contribution in [1.29, 1.82) is 0 Å². The SMILES string of the molecule is CC(C)(C)c1ccc(CC(=O)N/N=C\c2ccc(-c3cc(Cl)ccc3Cl)o2)cc1. The minimum atomic E-state index is -0.200. The lowest BCUT2D eigenvalue weighted by Gasteiger charge is -2.19. The summed E-state index contributed by atoms with van der Waals surface area (Å²) in [4.78, 5) is 12.1. The number of carbonyl (C=O) groups is 1. The van der Waals surface area contributed by atoms with Gasteiger partial charge in [0.15, 0.2) is 0 Å². The zero-order valence-electron chi connectivity index (χ0n) is 16.5. The summed E-state index contributed by atoms with van der Waals surface area (Å²) in [5.74, 6) is 0.865. The Labute approximate surface area is 180 Å². The number of amides is 1. The number of furan rings is 1. The Morgan fingerprint density at radius 3 is 2.48 bits per heavy atom. The molecule has 0 bridgehead atoms. The first-order chi connectivity index (χ1) is 13.7. The standard InChI is InChI=1S/C23H22Cl2N2O2/c1-23(2,3)16-6-4-15(5-7-16)12-22(28)27-26-14-18-9-11-21(29-18)19-13-17(24)8-10-20(19)25/h4-11,13-14H,12H2,1-3H3,(H,27,28)/b26-14-. The van der Waals surface area contributed by atoms with Gasteiger partial charge in [-0.1, -0.05) is 68.2 Å². The van der Waals surface area contributed by atoms with Gasteiger partial charge in [-0.15, -0.1) is 0 Å². The fraction of sp³-hybridized carbons (Fsp3) is 0.217. The molecule has 6 heteroatoms. The molecule has 0 fully saturated rings. The highest BCUT2D eigenvalue weighted by Crippen LogP contribution is 2.31. The zero-order valence-corrected chi connectivity index (χ0v) is 18.0. The van der Waals surface area contributed by atoms with E-state index in [9.17, 15) is 4.79 Å². The van der Waals surface area contributed by atoms with E-state index in [4.69, 9.17) is 27.6 Å². The molecule has 150 valence electrons. The van der Waals surface area contributed by atoms with Crippen LogP contribution in [-0.4, -0.2) is 12.1 Å². The van der Waals surface area contributed by atoms with Crippen LogP contribution in [0.15, 0.2) is 64.1 Å². The molecule has 0 atom stereocenters. The molecule has 29 heavy (non-hydrogen) atoms. The van der Waals surface area contributed by atoms with Crippen LogP contribution in [0.3, 0.4) is 0 Å². The lowest BCUT2D eigenvalue weighted by atomic mass is 9.86. The van der Waals surface area contributed by atoms with Crippen LogP contribution in [0.1, 0.15) is 37.7 Å². The normalized spacial score (nSPS) is 11.8. The van der Waals surface area contributed by atoms with Gasteiger partial charge >= 0.3 is 0 Å². The topological polar surface area (TPSA) is 54.6 Å². The number of halogens is 2. The molecule has 0 spiro atoms. The van der Waals surface area contributed by atoms with Crippen molar-refractivity contribution in [2.75, 3.05) is 0 Å². The number of benzene rings is 2. The second kappa shape index (κ2) is 8.85. The number of nitrogens with one attached hydrogen (secondary N) is 1. The number of carbonyl (C=O) groups excluding carboxylic acids is 1. The zero-order chi connectivity index (χ0) is 21.0. The molecule has 3 rings (SSSR count). The van der Waals surface area contributed by atoms with Gasteiger partial charge in [-0.3, -0.25) is 4.79 Å². The molecule has 0 aliphatic rings. The van der Waals surface area contributed by atoms with Gasteiger partial charge in [0.2, 0.25) is 5.91 Å². The molecular formula is C23H22Cl2N2O2. The van der Waals surface area contributed by atoms with Crippen molar-refractivity contribution in [2.45, 2.75) is 32.6 Å². The lowest BCUT2D eigenvalue weighted by Crippen LogP contribution is -2.20. The van der Waals surface area contributed by atoms with E-state index in [2.05, 4.69) is 43.4 Å². The molecule has 1 N–H and O–H groups in total. The molecular weight excluding hydrogens is 407 g/mol. The molecule has 3 aromatic rings. The molecule has 4 nitrogen and oxygen atoms in total. The minimum Gasteiger partial charge on any atom is -0.455 e. The fourth-order valence-corrected chi connectivity index (χ4v) is 3.15. The molecule has 1 heterocycles. The van der Waals surface area contributed by atoms with Gasteiger partial charge in [-0.25, -0.2) is 5.43 Å². The van der Waals surface area contributed by atoms with Gasteiger partial charge < -0.3 is 4.42 Å². The average molecular weight is 429 g/mol. The number of nitrogens with zero attached hydrogens (tertiary/aromatic N) is 1. The van der Waals surface area contributed by atoms with Crippen molar-refractivity contribution in [1.82, 2.24) is 5.43 Å². The maximum Gasteiger partial charge on any atom is 0.244 e. The Balaban J connectivity index is 1.58. The largest absolute Gasteiger partial charge is 0.455 e. The van der Waals surface area contributed by atoms with Crippen LogP contribution in [0.25, 0.3) is 11.3 Å². The number of hydrogen-bond donors (Lipinski definition) is 1. The van der Waals surface area contributed by atoms with E-state index in [1.807, 2.05) is 12.1 Å². The number of rotatable bonds is 5. The Morgan fingerprint density at radius 1 is 1.07 bits per heavy atom. The first-order valence-electron chi connectivity index (χ1n) is 9.19. The quantitative estimate of drug-likeness (QED) is 0.385. The summed E-state index contributed by atoms with van der Waals surface area (Å²) in [6, 6.07) is 16.7. The van der Waals surface area contributed by atoms with Crippen LogP contribution in [0.2, 0.25) is 10.0 Å². The maximum atomic E-state index is 12.1.